The first-order valence-corrected chi connectivity index (χ1v) is 45.5. The number of esters is 3. The van der Waals surface area contributed by atoms with E-state index in [9.17, 15) is 74.4 Å². The number of fused-ring (bicyclic) bond motifs is 10. The second kappa shape index (κ2) is 37.3. The average Bonchev–Trinajstić information content (AvgIpc) is 1.53. The van der Waals surface area contributed by atoms with Crippen molar-refractivity contribution in [2.24, 2.45) is 86.8 Å². The number of hydrogen-bond acceptors (Lipinski definition) is 29. The van der Waals surface area contributed by atoms with Gasteiger partial charge in [0.1, 0.15) is 77.7 Å². The summed E-state index contributed by atoms with van der Waals surface area (Å²) in [6.45, 7) is 25.6. The molecule has 0 bridgehead atoms. The lowest BCUT2D eigenvalue weighted by atomic mass is 9.46. The number of Topliss-reactive ketones (excluding diaryl/α,β-unsaturated/α-hetero) is 2. The molecule has 8 N–H and O–H groups in total. The third-order valence-electron chi connectivity index (χ3n) is 32.1. The molecule has 4 aliphatic heterocycles. The summed E-state index contributed by atoms with van der Waals surface area (Å²) < 4.78 is 85.9. The summed E-state index contributed by atoms with van der Waals surface area (Å²) in [5, 5.41) is 94.9. The fraction of sp³-hybridized carbons (Fsp3) is 0.758. The molecule has 0 amide bonds. The number of hydrogen-bond donors (Lipinski definition) is 8. The standard InChI is InChI=1S/C95H134O29/c1-47(2)15-29-67(97)52(8)94(109)73(118-84-51(7)77(71(101)45-111-84)122-85-79(75(103)69(99)43-112-85)120-82(105)55-21-17-49(5)18-22-55)41-65-61-27-25-57-39-59(31-35-90(57,11)63(61)33-37-92(65,94)13)116-88(107)124-89(108)117-60-32-36-91(12)58(40-60)26-28-62-64(91)34-38-93(14)66(62)42-74(95(93,110)53(9)68(98)30-16-48(3)4)119-87-81(115-54(10)96)78(72(102)46-114-87)123-86-80(76(104)70(100)44-113-86)121-83(106)56-23-19-50(6)20-24-56/h17-26,47-48,51-53,59-66,69-81,84-87,99-104,109-110H,15-16,27-46H2,1-14H3/t51?,52-,53-,59+,60-,61-,62-,63?,64?,65+,66+,69?,70?,71?,72?,73+,74+,75?,76?,77?,78?,79?,80?,81?,84?,85?,86?,87?,90+,91+,92+,93+,94-,95-/m1/s1. The molecule has 4 heterocycles. The maximum atomic E-state index is 14.6. The first-order chi connectivity index (χ1) is 58.6. The molecule has 8 aliphatic carbocycles. The van der Waals surface area contributed by atoms with Crippen LogP contribution in [0.25, 0.3) is 0 Å². The zero-order valence-electron chi connectivity index (χ0n) is 74.3. The van der Waals surface area contributed by atoms with Crippen LogP contribution >= 0.6 is 0 Å². The van der Waals surface area contributed by atoms with Gasteiger partial charge in [-0.2, -0.15) is 0 Å². The van der Waals surface area contributed by atoms with Gasteiger partial charge < -0.3 is 107 Å². The Morgan fingerprint density at radius 2 is 0.831 bits per heavy atom. The van der Waals surface area contributed by atoms with Crippen LogP contribution in [0.15, 0.2) is 71.8 Å². The molecule has 6 saturated carbocycles. The van der Waals surface area contributed by atoms with Crippen molar-refractivity contribution in [3.05, 3.63) is 94.1 Å². The predicted molar refractivity (Wildman–Crippen MR) is 442 cm³/mol. The number of allylic oxidation sites excluding steroid dienone is 2. The molecule has 0 spiro atoms. The van der Waals surface area contributed by atoms with E-state index in [0.29, 0.717) is 89.9 Å². The van der Waals surface area contributed by atoms with Crippen molar-refractivity contribution in [3.8, 4) is 0 Å². The number of rotatable bonds is 25. The average molecular weight is 1740 g/mol. The number of aliphatic hydroxyl groups is 8. The quantitative estimate of drug-likeness (QED) is 0.0198. The molecule has 688 valence electrons. The van der Waals surface area contributed by atoms with Crippen LogP contribution in [0.5, 0.6) is 0 Å². The summed E-state index contributed by atoms with van der Waals surface area (Å²) in [7, 11) is 0. The molecule has 12 aliphatic rings. The zero-order valence-corrected chi connectivity index (χ0v) is 74.3. The van der Waals surface area contributed by atoms with Crippen LogP contribution in [0, 0.1) is 101 Å². The van der Waals surface area contributed by atoms with E-state index < -0.39 is 200 Å². The lowest BCUT2D eigenvalue weighted by Gasteiger charge is -2.59. The molecule has 2 aromatic rings. The summed E-state index contributed by atoms with van der Waals surface area (Å²) >= 11 is 0. The van der Waals surface area contributed by atoms with Gasteiger partial charge in [-0.05, 0) is 186 Å². The van der Waals surface area contributed by atoms with Gasteiger partial charge in [-0.1, -0.05) is 135 Å². The highest BCUT2D eigenvalue weighted by molar-refractivity contribution is 5.90. The Morgan fingerprint density at radius 3 is 1.24 bits per heavy atom. The molecule has 124 heavy (non-hydrogen) atoms. The molecule has 10 fully saturated rings. The summed E-state index contributed by atoms with van der Waals surface area (Å²) in [4.78, 5) is 96.9. The van der Waals surface area contributed by atoms with Gasteiger partial charge in [0.15, 0.2) is 43.5 Å². The third-order valence-corrected chi connectivity index (χ3v) is 32.1. The van der Waals surface area contributed by atoms with Crippen molar-refractivity contribution in [3.63, 3.8) is 0 Å². The number of carbonyl (C=O) groups is 7. The first-order valence-electron chi connectivity index (χ1n) is 45.5. The number of benzene rings is 2. The molecule has 14 rings (SSSR count). The van der Waals surface area contributed by atoms with E-state index in [1.165, 1.54) is 12.1 Å². The van der Waals surface area contributed by atoms with E-state index in [1.807, 2.05) is 41.5 Å². The fourth-order valence-electron chi connectivity index (χ4n) is 24.6. The van der Waals surface area contributed by atoms with Gasteiger partial charge in [-0.15, -0.1) is 0 Å². The highest BCUT2D eigenvalue weighted by atomic mass is 16.8. The van der Waals surface area contributed by atoms with Gasteiger partial charge in [-0.3, -0.25) is 14.4 Å². The Hall–Kier alpha value is -6.23. The summed E-state index contributed by atoms with van der Waals surface area (Å²) in [6.07, 6.45) is -13.9. The van der Waals surface area contributed by atoms with Gasteiger partial charge in [0.2, 0.25) is 0 Å². The van der Waals surface area contributed by atoms with E-state index in [-0.39, 0.29) is 113 Å². The Labute approximate surface area is 726 Å². The SMILES string of the molecule is CC(=O)OC1C(O[C@H]2C[C@H]3[C@@H]4CC=C5C[C@H](OC(=O)OC(=O)O[C@H]6CC[C@@]7(C)C(=CC[C@@H]8C7CC[C@@]7(C)[C@H]8C[C@H](OC8OCC(O)C(OC9OCC(O)C(O)C9OC(=O)c9ccc(C)cc9)C8C)[C@]7(O)[C@H](C)C(=O)CCC(C)C)C6)CC[C@]5(C)C4CC[C@]3(C)[C@@]2(O)[C@H](C)C(=O)CCC(C)C)OCC(O)C1OC1OCC(O)C(O)C1OC(=O)c1ccc(C)cc1. The minimum Gasteiger partial charge on any atom is -0.454 e. The van der Waals surface area contributed by atoms with Crippen molar-refractivity contribution in [1.82, 2.24) is 0 Å². The van der Waals surface area contributed by atoms with Gasteiger partial charge >= 0.3 is 30.2 Å². The van der Waals surface area contributed by atoms with E-state index >= 15 is 0 Å². The number of ketones is 2. The normalized spacial score (nSPS) is 42.3. The molecule has 34 atom stereocenters. The van der Waals surface area contributed by atoms with E-state index in [4.69, 9.17) is 66.3 Å². The summed E-state index contributed by atoms with van der Waals surface area (Å²) in [5.41, 5.74) is -1.54. The van der Waals surface area contributed by atoms with Gasteiger partial charge in [0.25, 0.3) is 0 Å². The Bertz CT molecular complexity index is 4220. The third kappa shape index (κ3) is 17.9. The molecule has 0 aromatic heterocycles. The molecule has 2 aromatic carbocycles. The minimum atomic E-state index is -1.82. The van der Waals surface area contributed by atoms with Gasteiger partial charge in [-0.25, -0.2) is 19.2 Å². The number of ether oxygens (including phenoxy) is 14. The van der Waals surface area contributed by atoms with Crippen LogP contribution in [0.3, 0.4) is 0 Å². The second-order valence-electron chi connectivity index (χ2n) is 40.3. The Balaban J connectivity index is 0.615. The highest BCUT2D eigenvalue weighted by Crippen LogP contribution is 2.72. The maximum Gasteiger partial charge on any atom is 0.518 e. The molecular formula is C95H134O29. The van der Waals surface area contributed by atoms with Crippen molar-refractivity contribution >= 4 is 41.8 Å². The molecule has 0 radical (unpaired) electrons. The van der Waals surface area contributed by atoms with Crippen LogP contribution in [-0.2, 0) is 80.7 Å². The van der Waals surface area contributed by atoms with Crippen LogP contribution in [-0.4, -0.2) is 237 Å². The van der Waals surface area contributed by atoms with Crippen LogP contribution in [0.2, 0.25) is 0 Å². The van der Waals surface area contributed by atoms with E-state index in [2.05, 4.69) is 46.8 Å². The summed E-state index contributed by atoms with van der Waals surface area (Å²) in [6, 6.07) is 13.1. The van der Waals surface area contributed by atoms with E-state index in [1.54, 1.807) is 50.2 Å². The minimum absolute atomic E-state index is 0.0256. The van der Waals surface area contributed by atoms with Crippen LogP contribution in [0.1, 0.15) is 231 Å². The predicted octanol–water partition coefficient (Wildman–Crippen LogP) is 10.7. The maximum absolute atomic E-state index is 14.6. The Kier molecular flexibility index (Phi) is 28.3. The van der Waals surface area contributed by atoms with Crippen molar-refractivity contribution < 1.29 is 141 Å². The van der Waals surface area contributed by atoms with Crippen molar-refractivity contribution in [1.29, 1.82) is 0 Å². The number of aliphatic hydroxyl groups excluding tert-OH is 6. The van der Waals surface area contributed by atoms with Crippen LogP contribution < -0.4 is 0 Å². The topological polar surface area (TPSA) is 411 Å². The second-order valence-corrected chi connectivity index (χ2v) is 40.3. The van der Waals surface area contributed by atoms with Crippen LogP contribution in [0.4, 0.5) is 9.59 Å². The first kappa shape index (κ1) is 93.9. The molecule has 18 unspecified atom stereocenters. The van der Waals surface area contributed by atoms with E-state index in [0.717, 1.165) is 35.6 Å². The van der Waals surface area contributed by atoms with Gasteiger partial charge in [0, 0.05) is 61.2 Å². The largest absolute Gasteiger partial charge is 0.518 e. The lowest BCUT2D eigenvalue weighted by Crippen LogP contribution is -2.64. The monoisotopic (exact) mass is 1740 g/mol. The van der Waals surface area contributed by atoms with Crippen molar-refractivity contribution in [2.75, 3.05) is 26.4 Å². The fourth-order valence-corrected chi connectivity index (χ4v) is 24.6. The zero-order chi connectivity index (χ0) is 89.4. The highest BCUT2D eigenvalue weighted by Gasteiger charge is 2.73. The Morgan fingerprint density at radius 1 is 0.452 bits per heavy atom. The smallest absolute Gasteiger partial charge is 0.454 e. The molecule has 29 nitrogen and oxygen atoms in total. The lowest BCUT2D eigenvalue weighted by molar-refractivity contribution is -0.345. The van der Waals surface area contributed by atoms with Crippen molar-refractivity contribution in [2.45, 2.75) is 340 Å². The van der Waals surface area contributed by atoms with Gasteiger partial charge in [0.05, 0.1) is 55.9 Å². The number of aryl methyl sites for hydroxylation is 2. The molecule has 4 saturated heterocycles. The number of carbonyl (C=O) groups excluding carboxylic acids is 7. The molecule has 29 heteroatoms. The molecular weight excluding hydrogens is 1610 g/mol. The summed E-state index contributed by atoms with van der Waals surface area (Å²) in [5.74, 6) is -4.88.